The average Bonchev–Trinajstić information content (AvgIpc) is 3.35. The first kappa shape index (κ1) is 22.5. The van der Waals surface area contributed by atoms with Gasteiger partial charge in [0.05, 0.1) is 6.54 Å². The van der Waals surface area contributed by atoms with Crippen LogP contribution in [-0.2, 0) is 11.4 Å². The number of carbonyl (C=O) groups excluding carboxylic acids is 1. The molecule has 5 nitrogen and oxygen atoms in total. The minimum atomic E-state index is -0.705. The summed E-state index contributed by atoms with van der Waals surface area (Å²) in [5, 5.41) is 3.20. The number of amides is 1. The van der Waals surface area contributed by atoms with Gasteiger partial charge in [-0.1, -0.05) is 30.3 Å². The minimum Gasteiger partial charge on any atom is -0.486 e. The number of nitrogens with two attached hydrogens (primary N) is 1. The Morgan fingerprint density at radius 3 is 2.70 bits per heavy atom. The molecule has 2 aromatic carbocycles. The lowest BCUT2D eigenvalue weighted by molar-refractivity contribution is -0.129. The molecule has 30 heavy (non-hydrogen) atoms. The molecular weight excluding hydrogens is 412 g/mol. The maximum atomic E-state index is 14.4. The van der Waals surface area contributed by atoms with E-state index in [-0.39, 0.29) is 55.2 Å². The van der Waals surface area contributed by atoms with Crippen LogP contribution >= 0.6 is 12.4 Å². The Bertz CT molecular complexity index is 884. The molecule has 4 rings (SSSR count). The van der Waals surface area contributed by atoms with E-state index in [0.29, 0.717) is 25.1 Å². The molecule has 1 saturated carbocycles. The van der Waals surface area contributed by atoms with E-state index >= 15 is 0 Å². The summed E-state index contributed by atoms with van der Waals surface area (Å²) in [4.78, 5) is 14.0. The molecule has 2 aromatic rings. The van der Waals surface area contributed by atoms with Crippen molar-refractivity contribution in [3.05, 3.63) is 65.2 Å². The van der Waals surface area contributed by atoms with E-state index in [2.05, 4.69) is 5.32 Å². The summed E-state index contributed by atoms with van der Waals surface area (Å²) in [6.07, 6.45) is 1.53. The van der Waals surface area contributed by atoms with E-state index in [9.17, 15) is 13.6 Å². The molecule has 162 valence electrons. The first-order valence-electron chi connectivity index (χ1n) is 9.93. The molecule has 0 unspecified atom stereocenters. The smallest absolute Gasteiger partial charge is 0.236 e. The molecule has 8 heteroatoms. The van der Waals surface area contributed by atoms with Crippen LogP contribution in [0.15, 0.2) is 42.5 Å². The first-order valence-corrected chi connectivity index (χ1v) is 9.93. The quantitative estimate of drug-likeness (QED) is 0.698. The van der Waals surface area contributed by atoms with Crippen LogP contribution in [0.1, 0.15) is 29.9 Å². The van der Waals surface area contributed by atoms with Crippen LogP contribution in [0.2, 0.25) is 0 Å². The molecular formula is C22H26ClF2N3O2. The van der Waals surface area contributed by atoms with Crippen molar-refractivity contribution in [3.8, 4) is 5.75 Å². The Hall–Kier alpha value is -2.22. The lowest BCUT2D eigenvalue weighted by Gasteiger charge is -2.16. The number of nitrogens with zero attached hydrogens (tertiary/aromatic N) is 1. The largest absolute Gasteiger partial charge is 0.486 e. The van der Waals surface area contributed by atoms with Crippen molar-refractivity contribution in [2.75, 3.05) is 19.6 Å². The highest BCUT2D eigenvalue weighted by Crippen LogP contribution is 2.46. The van der Waals surface area contributed by atoms with Crippen molar-refractivity contribution in [2.45, 2.75) is 37.5 Å². The highest BCUT2D eigenvalue weighted by Gasteiger charge is 2.41. The van der Waals surface area contributed by atoms with Crippen LogP contribution in [0.3, 0.4) is 0 Å². The Kier molecular flexibility index (Phi) is 7.28. The van der Waals surface area contributed by atoms with Gasteiger partial charge < -0.3 is 20.7 Å². The maximum absolute atomic E-state index is 14.4. The predicted molar refractivity (Wildman–Crippen MR) is 113 cm³/mol. The third-order valence-corrected chi connectivity index (χ3v) is 5.55. The van der Waals surface area contributed by atoms with Crippen LogP contribution in [0, 0.1) is 11.6 Å². The number of carbonyl (C=O) groups is 1. The molecule has 0 radical (unpaired) electrons. The van der Waals surface area contributed by atoms with Crippen molar-refractivity contribution >= 4 is 18.3 Å². The molecule has 2 aliphatic rings. The second-order valence-corrected chi connectivity index (χ2v) is 7.80. The van der Waals surface area contributed by atoms with E-state index in [1.807, 2.05) is 30.3 Å². The van der Waals surface area contributed by atoms with Crippen molar-refractivity contribution in [1.82, 2.24) is 10.2 Å². The Labute approximate surface area is 181 Å². The molecule has 0 bridgehead atoms. The third-order valence-electron chi connectivity index (χ3n) is 5.55. The summed E-state index contributed by atoms with van der Waals surface area (Å²) in [7, 11) is 0. The third kappa shape index (κ3) is 5.28. The number of hydrogen-bond acceptors (Lipinski definition) is 4. The molecule has 1 heterocycles. The second-order valence-electron chi connectivity index (χ2n) is 7.80. The number of halogens is 3. The topological polar surface area (TPSA) is 67.6 Å². The summed E-state index contributed by atoms with van der Waals surface area (Å²) in [5.41, 5.74) is 7.26. The lowest BCUT2D eigenvalue weighted by Crippen LogP contribution is -2.39. The van der Waals surface area contributed by atoms with Gasteiger partial charge in [-0.25, -0.2) is 8.78 Å². The number of nitrogens with one attached hydrogen (secondary N) is 1. The molecule has 2 fully saturated rings. The Morgan fingerprint density at radius 1 is 1.23 bits per heavy atom. The molecule has 1 aliphatic heterocycles. The highest BCUT2D eigenvalue weighted by molar-refractivity contribution is 5.85. The molecule has 1 saturated heterocycles. The van der Waals surface area contributed by atoms with Crippen LogP contribution in [-0.4, -0.2) is 42.5 Å². The number of benzene rings is 2. The Balaban J connectivity index is 0.00000256. The number of likely N-dealkylation sites (tertiary alicyclic amines) is 1. The standard InChI is InChI=1S/C22H25F2N3O2.ClH/c23-15-8-18(22(19(24)9-15)29-13-14-4-2-1-3-5-14)17-10-20(17)26-11-21(28)27-7-6-16(25)12-27;/h1-5,8-9,16-17,20,26H,6-7,10-13,25H2;1H/t16-,17-,20+;/m0./s1. The van der Waals surface area contributed by atoms with E-state index in [1.165, 1.54) is 6.07 Å². The molecule has 0 aromatic heterocycles. The lowest BCUT2D eigenvalue weighted by atomic mass is 10.1. The molecule has 1 amide bonds. The average molecular weight is 438 g/mol. The Morgan fingerprint density at radius 2 is 2.00 bits per heavy atom. The van der Waals surface area contributed by atoms with Gasteiger partial charge in [0.15, 0.2) is 11.6 Å². The van der Waals surface area contributed by atoms with Gasteiger partial charge in [-0.15, -0.1) is 12.4 Å². The summed E-state index contributed by atoms with van der Waals surface area (Å²) in [5.74, 6) is -1.32. The van der Waals surface area contributed by atoms with Crippen molar-refractivity contribution < 1.29 is 18.3 Å². The van der Waals surface area contributed by atoms with Gasteiger partial charge >= 0.3 is 0 Å². The van der Waals surface area contributed by atoms with Crippen LogP contribution in [0.25, 0.3) is 0 Å². The second kappa shape index (κ2) is 9.73. The van der Waals surface area contributed by atoms with Gasteiger partial charge in [0.25, 0.3) is 0 Å². The van der Waals surface area contributed by atoms with Crippen molar-refractivity contribution in [2.24, 2.45) is 5.73 Å². The van der Waals surface area contributed by atoms with E-state index in [1.54, 1.807) is 4.90 Å². The predicted octanol–water partition coefficient (Wildman–Crippen LogP) is 2.97. The summed E-state index contributed by atoms with van der Waals surface area (Å²) < 4.78 is 34.0. The summed E-state index contributed by atoms with van der Waals surface area (Å²) in [6, 6.07) is 11.6. The SMILES string of the molecule is Cl.N[C@H]1CCN(C(=O)CN[C@@H]2C[C@H]2c2cc(F)cc(F)c2OCc2ccccc2)C1. The number of ether oxygens (including phenoxy) is 1. The zero-order valence-electron chi connectivity index (χ0n) is 16.5. The van der Waals surface area contributed by atoms with Crippen LogP contribution in [0.5, 0.6) is 5.75 Å². The molecule has 1 aliphatic carbocycles. The fourth-order valence-corrected chi connectivity index (χ4v) is 3.85. The van der Waals surface area contributed by atoms with Gasteiger partial charge in [0, 0.05) is 42.7 Å². The van der Waals surface area contributed by atoms with Crippen molar-refractivity contribution in [1.29, 1.82) is 0 Å². The van der Waals surface area contributed by atoms with Gasteiger partial charge in [-0.05, 0) is 24.5 Å². The van der Waals surface area contributed by atoms with Crippen LogP contribution < -0.4 is 15.8 Å². The first-order chi connectivity index (χ1) is 14.0. The van der Waals surface area contributed by atoms with Gasteiger partial charge in [0.1, 0.15) is 12.4 Å². The van der Waals surface area contributed by atoms with E-state index < -0.39 is 11.6 Å². The number of hydrogen-bond donors (Lipinski definition) is 2. The minimum absolute atomic E-state index is 0. The molecule has 3 atom stereocenters. The summed E-state index contributed by atoms with van der Waals surface area (Å²) in [6.45, 7) is 1.67. The van der Waals surface area contributed by atoms with Crippen molar-refractivity contribution in [3.63, 3.8) is 0 Å². The van der Waals surface area contributed by atoms with E-state index in [4.69, 9.17) is 10.5 Å². The fraction of sp³-hybridized carbons (Fsp3) is 0.409. The van der Waals surface area contributed by atoms with Crippen LogP contribution in [0.4, 0.5) is 8.78 Å². The van der Waals surface area contributed by atoms with Gasteiger partial charge in [-0.3, -0.25) is 4.79 Å². The summed E-state index contributed by atoms with van der Waals surface area (Å²) >= 11 is 0. The zero-order valence-corrected chi connectivity index (χ0v) is 17.3. The normalized spacial score (nSPS) is 22.5. The van der Waals surface area contributed by atoms with E-state index in [0.717, 1.165) is 18.1 Å². The fourth-order valence-electron chi connectivity index (χ4n) is 3.85. The maximum Gasteiger partial charge on any atom is 0.236 e. The van der Waals surface area contributed by atoms with Gasteiger partial charge in [0.2, 0.25) is 5.91 Å². The molecule has 3 N–H and O–H groups in total. The zero-order chi connectivity index (χ0) is 20.4. The molecule has 0 spiro atoms. The highest BCUT2D eigenvalue weighted by atomic mass is 35.5. The van der Waals surface area contributed by atoms with Gasteiger partial charge in [-0.2, -0.15) is 0 Å². The monoisotopic (exact) mass is 437 g/mol. The number of rotatable bonds is 7.